The number of nitrogens with zero attached hydrogens (tertiary/aromatic N) is 1. The third kappa shape index (κ3) is 57.7. The van der Waals surface area contributed by atoms with Gasteiger partial charge in [-0.2, -0.15) is 0 Å². The Balaban J connectivity index is 3.99. The van der Waals surface area contributed by atoms with Crippen LogP contribution in [0.2, 0.25) is 0 Å². The number of aliphatic carboxylic acids is 1. The van der Waals surface area contributed by atoms with Crippen molar-refractivity contribution in [3.05, 3.63) is 109 Å². The number of carbonyl (C=O) groups excluding carboxylic acids is 3. The Hall–Kier alpha value is -4.05. The lowest BCUT2D eigenvalue weighted by Gasteiger charge is -2.26. The normalized spacial score (nSPS) is 13.5. The summed E-state index contributed by atoms with van der Waals surface area (Å²) in [5.41, 5.74) is 0. The first kappa shape index (κ1) is 72.0. The van der Waals surface area contributed by atoms with E-state index in [1.54, 1.807) is 0 Å². The van der Waals surface area contributed by atoms with Crippen LogP contribution in [0.4, 0.5) is 0 Å². The van der Waals surface area contributed by atoms with Crippen LogP contribution in [0.25, 0.3) is 0 Å². The van der Waals surface area contributed by atoms with Crippen LogP contribution >= 0.6 is 0 Å². The molecule has 9 heteroatoms. The lowest BCUT2D eigenvalue weighted by atomic mass is 10.0. The maximum absolute atomic E-state index is 12.8. The highest BCUT2D eigenvalue weighted by Crippen LogP contribution is 2.16. The third-order valence-corrected chi connectivity index (χ3v) is 12.7. The van der Waals surface area contributed by atoms with Gasteiger partial charge in [-0.05, 0) is 96.3 Å². The number of carbonyl (C=O) groups is 3. The van der Waals surface area contributed by atoms with Gasteiger partial charge in [-0.25, -0.2) is 0 Å². The molecule has 0 aromatic carbocycles. The first-order valence-corrected chi connectivity index (χ1v) is 30.5. The van der Waals surface area contributed by atoms with Crippen LogP contribution in [0.1, 0.15) is 239 Å². The quantitative estimate of drug-likeness (QED) is 0.0195. The van der Waals surface area contributed by atoms with Gasteiger partial charge in [-0.3, -0.25) is 9.59 Å². The fraction of sp³-hybridized carbons (Fsp3) is 0.687. The van der Waals surface area contributed by atoms with Gasteiger partial charge in [0.15, 0.2) is 12.4 Å². The molecule has 0 N–H and O–H groups in total. The van der Waals surface area contributed by atoms with Crippen LogP contribution < -0.4 is 5.11 Å². The Morgan fingerprint density at radius 1 is 0.408 bits per heavy atom. The number of quaternary nitrogens is 1. The molecule has 0 spiro atoms. The zero-order chi connectivity index (χ0) is 55.5. The van der Waals surface area contributed by atoms with Crippen molar-refractivity contribution in [2.24, 2.45) is 0 Å². The summed E-state index contributed by atoms with van der Waals surface area (Å²) in [5, 5.41) is 11.7. The largest absolute Gasteiger partial charge is 0.545 e. The van der Waals surface area contributed by atoms with Crippen LogP contribution in [-0.4, -0.2) is 82.3 Å². The van der Waals surface area contributed by atoms with Crippen molar-refractivity contribution < 1.29 is 42.9 Å². The molecule has 0 aliphatic heterocycles. The summed E-state index contributed by atoms with van der Waals surface area (Å²) in [6.45, 7) is 4.55. The van der Waals surface area contributed by atoms with Gasteiger partial charge in [0.05, 0.1) is 40.3 Å². The van der Waals surface area contributed by atoms with Crippen molar-refractivity contribution in [3.63, 3.8) is 0 Å². The second-order valence-electron chi connectivity index (χ2n) is 21.3. The zero-order valence-corrected chi connectivity index (χ0v) is 49.3. The molecule has 0 amide bonds. The number of unbranched alkanes of at least 4 members (excludes halogenated alkanes) is 22. The minimum Gasteiger partial charge on any atom is -0.545 e. The number of hydrogen-bond acceptors (Lipinski definition) is 8. The van der Waals surface area contributed by atoms with E-state index in [4.69, 9.17) is 18.9 Å². The van der Waals surface area contributed by atoms with E-state index >= 15 is 0 Å². The van der Waals surface area contributed by atoms with Crippen LogP contribution in [0.15, 0.2) is 109 Å². The Morgan fingerprint density at radius 2 is 0.750 bits per heavy atom. The predicted molar refractivity (Wildman–Crippen MR) is 320 cm³/mol. The van der Waals surface area contributed by atoms with Gasteiger partial charge in [0.2, 0.25) is 0 Å². The second-order valence-corrected chi connectivity index (χ2v) is 21.3. The van der Waals surface area contributed by atoms with Gasteiger partial charge in [0, 0.05) is 12.8 Å². The highest BCUT2D eigenvalue weighted by atomic mass is 16.7. The van der Waals surface area contributed by atoms with E-state index in [0.717, 1.165) is 116 Å². The topological polar surface area (TPSA) is 111 Å². The van der Waals surface area contributed by atoms with E-state index in [9.17, 15) is 19.5 Å². The van der Waals surface area contributed by atoms with E-state index in [-0.39, 0.29) is 38.6 Å². The standard InChI is InChI=1S/C67H113NO8/c1-6-8-10-12-14-16-18-19-20-21-22-23-24-25-26-27-28-29-30-31-32-33-34-35-36-37-38-39-40-41-42-43-44-45-46-47-48-50-52-54-56-58-65(70)76-63(62-75-67(66(71)72)73-60-59-68(3,4)5)61-74-64(69)57-55-53-51-49-17-15-13-11-9-7-2/h8,10-11,13-14,16,19-20,22-23,25-26,28-29,31-32,34-35,63,67H,6-7,9,12,15,17-18,21,24,27,30,33,36-62H2,1-5H3/b10-8-,13-11-,16-14-,20-19-,23-22-,26-25-,29-28-,32-31-,35-34-. The first-order chi connectivity index (χ1) is 37.1. The molecule has 76 heavy (non-hydrogen) atoms. The molecule has 0 aliphatic rings. The van der Waals surface area contributed by atoms with Crippen molar-refractivity contribution in [3.8, 4) is 0 Å². The van der Waals surface area contributed by atoms with Crippen LogP contribution in [0, 0.1) is 0 Å². The molecule has 0 rings (SSSR count). The maximum atomic E-state index is 12.8. The smallest absolute Gasteiger partial charge is 0.306 e. The maximum Gasteiger partial charge on any atom is 0.306 e. The van der Waals surface area contributed by atoms with Gasteiger partial charge in [0.1, 0.15) is 13.2 Å². The minimum atomic E-state index is -1.62. The Labute approximate surface area is 466 Å². The molecule has 0 heterocycles. The average Bonchev–Trinajstić information content (AvgIpc) is 3.39. The highest BCUT2D eigenvalue weighted by molar-refractivity contribution is 5.70. The second kappa shape index (κ2) is 57.1. The van der Waals surface area contributed by atoms with Crippen LogP contribution in [-0.2, 0) is 33.3 Å². The fourth-order valence-corrected chi connectivity index (χ4v) is 8.08. The average molecular weight is 1060 g/mol. The number of allylic oxidation sites excluding steroid dienone is 18. The molecule has 0 aliphatic carbocycles. The van der Waals surface area contributed by atoms with E-state index < -0.39 is 24.3 Å². The van der Waals surface area contributed by atoms with E-state index in [1.807, 2.05) is 21.1 Å². The molecule has 0 radical (unpaired) electrons. The zero-order valence-electron chi connectivity index (χ0n) is 49.3. The predicted octanol–water partition coefficient (Wildman–Crippen LogP) is 17.0. The van der Waals surface area contributed by atoms with Crippen LogP contribution in [0.3, 0.4) is 0 Å². The molecule has 0 bridgehead atoms. The number of esters is 2. The molecule has 0 saturated carbocycles. The summed E-state index contributed by atoms with van der Waals surface area (Å²) in [6.07, 6.45) is 76.0. The monoisotopic (exact) mass is 1060 g/mol. The molecule has 0 aromatic rings. The molecule has 0 aromatic heterocycles. The van der Waals surface area contributed by atoms with Crippen molar-refractivity contribution in [2.45, 2.75) is 251 Å². The SMILES string of the molecule is CC/C=C\C/C=C\C/C=C\C/C=C\C/C=C\C/C=C\C/C=C\C/C=C\CCCCCCCCCCCCCCCCCCC(=O)OC(COC(=O)CCCCCCC/C=C\CCC)COC(OCC[N+](C)(C)C)C(=O)[O-]. The number of likely N-dealkylation sites (N-methyl/N-ethyl adjacent to an activating group) is 1. The number of carboxylic acids is 1. The van der Waals surface area contributed by atoms with Crippen molar-refractivity contribution in [1.82, 2.24) is 0 Å². The molecule has 9 nitrogen and oxygen atoms in total. The summed E-state index contributed by atoms with van der Waals surface area (Å²) in [7, 11) is 5.91. The Morgan fingerprint density at radius 3 is 1.13 bits per heavy atom. The number of hydrogen-bond donors (Lipinski definition) is 0. The highest BCUT2D eigenvalue weighted by Gasteiger charge is 2.22. The van der Waals surface area contributed by atoms with Gasteiger partial charge in [-0.1, -0.05) is 239 Å². The van der Waals surface area contributed by atoms with Crippen molar-refractivity contribution >= 4 is 17.9 Å². The molecule has 2 atom stereocenters. The van der Waals surface area contributed by atoms with Gasteiger partial charge < -0.3 is 33.3 Å². The summed E-state index contributed by atoms with van der Waals surface area (Å²) < 4.78 is 22.6. The number of carboxylic acid groups (broad SMARTS) is 1. The summed E-state index contributed by atoms with van der Waals surface area (Å²) in [6, 6.07) is 0. The van der Waals surface area contributed by atoms with E-state index in [1.165, 1.54) is 89.9 Å². The van der Waals surface area contributed by atoms with Gasteiger partial charge in [0.25, 0.3) is 0 Å². The van der Waals surface area contributed by atoms with E-state index in [0.29, 0.717) is 17.4 Å². The lowest BCUT2D eigenvalue weighted by molar-refractivity contribution is -0.870. The molecular formula is C67H113NO8. The molecule has 2 unspecified atom stereocenters. The summed E-state index contributed by atoms with van der Waals surface area (Å²) in [5.74, 6) is -2.30. The van der Waals surface area contributed by atoms with Gasteiger partial charge in [-0.15, -0.1) is 0 Å². The molecular weight excluding hydrogens is 947 g/mol. The minimum absolute atomic E-state index is 0.144. The third-order valence-electron chi connectivity index (χ3n) is 12.7. The lowest BCUT2D eigenvalue weighted by Crippen LogP contribution is -2.44. The Kier molecular flexibility index (Phi) is 54.1. The summed E-state index contributed by atoms with van der Waals surface area (Å²) in [4.78, 5) is 37.1. The first-order valence-electron chi connectivity index (χ1n) is 30.5. The molecule has 0 fully saturated rings. The fourth-order valence-electron chi connectivity index (χ4n) is 8.08. The summed E-state index contributed by atoms with van der Waals surface area (Å²) >= 11 is 0. The van der Waals surface area contributed by atoms with Crippen molar-refractivity contribution in [2.75, 3.05) is 47.5 Å². The van der Waals surface area contributed by atoms with Crippen LogP contribution in [0.5, 0.6) is 0 Å². The van der Waals surface area contributed by atoms with Gasteiger partial charge >= 0.3 is 11.9 Å². The molecule has 434 valence electrons. The van der Waals surface area contributed by atoms with E-state index in [2.05, 4.69) is 123 Å². The molecule has 0 saturated heterocycles. The number of rotatable bonds is 55. The number of ether oxygens (including phenoxy) is 4. The Bertz CT molecular complexity index is 1610. The van der Waals surface area contributed by atoms with Crippen molar-refractivity contribution in [1.29, 1.82) is 0 Å².